The molecule has 3 aromatic rings. The molecule has 0 saturated carbocycles. The molecule has 0 aliphatic rings. The molecular formula is C18H23N5O2. The molecule has 0 atom stereocenters. The van der Waals surface area contributed by atoms with Gasteiger partial charge in [-0.05, 0) is 38.5 Å². The molecule has 1 N–H and O–H groups in total. The van der Waals surface area contributed by atoms with Gasteiger partial charge in [0.25, 0.3) is 5.91 Å². The minimum atomic E-state index is -0.128. The Hall–Kier alpha value is -2.83. The number of imidazole rings is 1. The van der Waals surface area contributed by atoms with Crippen molar-refractivity contribution in [2.75, 3.05) is 0 Å². The number of nitrogens with zero attached hydrogens (tertiary/aromatic N) is 4. The van der Waals surface area contributed by atoms with Gasteiger partial charge < -0.3 is 5.32 Å². The van der Waals surface area contributed by atoms with Crippen molar-refractivity contribution in [1.29, 1.82) is 0 Å². The topological polar surface area (TPSA) is 73.8 Å². The summed E-state index contributed by atoms with van der Waals surface area (Å²) in [5.41, 5.74) is 4.85. The maximum atomic E-state index is 12.6. The first-order chi connectivity index (χ1) is 11.8. The number of fused-ring (bicyclic) bond motifs is 1. The SMILES string of the molecule is CCn1nc(C)c(C(=O)NCc2ccc3c(c2)n(C)c(=O)n3C)c1C. The Bertz CT molecular complexity index is 1020. The molecule has 2 aromatic heterocycles. The van der Waals surface area contributed by atoms with E-state index in [9.17, 15) is 9.59 Å². The van der Waals surface area contributed by atoms with Crippen molar-refractivity contribution < 1.29 is 4.79 Å². The van der Waals surface area contributed by atoms with Crippen molar-refractivity contribution in [1.82, 2.24) is 24.2 Å². The van der Waals surface area contributed by atoms with Gasteiger partial charge in [0.15, 0.2) is 0 Å². The fourth-order valence-electron chi connectivity index (χ4n) is 3.27. The van der Waals surface area contributed by atoms with Crippen molar-refractivity contribution in [2.45, 2.75) is 33.9 Å². The molecule has 132 valence electrons. The normalized spacial score (nSPS) is 11.2. The number of hydrogen-bond donors (Lipinski definition) is 1. The fraction of sp³-hybridized carbons (Fsp3) is 0.389. The lowest BCUT2D eigenvalue weighted by atomic mass is 10.1. The zero-order valence-electron chi connectivity index (χ0n) is 15.3. The van der Waals surface area contributed by atoms with E-state index in [4.69, 9.17) is 0 Å². The van der Waals surface area contributed by atoms with Crippen LogP contribution in [0.4, 0.5) is 0 Å². The number of carbonyl (C=O) groups is 1. The van der Waals surface area contributed by atoms with E-state index < -0.39 is 0 Å². The molecule has 25 heavy (non-hydrogen) atoms. The molecule has 0 aliphatic heterocycles. The van der Waals surface area contributed by atoms with Gasteiger partial charge in [-0.3, -0.25) is 18.6 Å². The van der Waals surface area contributed by atoms with Crippen LogP contribution in [-0.4, -0.2) is 24.8 Å². The number of amides is 1. The molecule has 3 rings (SSSR count). The van der Waals surface area contributed by atoms with Crippen molar-refractivity contribution >= 4 is 16.9 Å². The third kappa shape index (κ3) is 2.75. The Labute approximate surface area is 145 Å². The van der Waals surface area contributed by atoms with Crippen LogP contribution in [0.5, 0.6) is 0 Å². The molecule has 0 bridgehead atoms. The summed E-state index contributed by atoms with van der Waals surface area (Å²) in [4.78, 5) is 24.6. The molecule has 1 amide bonds. The predicted molar refractivity (Wildman–Crippen MR) is 96.7 cm³/mol. The highest BCUT2D eigenvalue weighted by Gasteiger charge is 2.18. The first-order valence-corrected chi connectivity index (χ1v) is 8.31. The van der Waals surface area contributed by atoms with Gasteiger partial charge in [0.2, 0.25) is 0 Å². The largest absolute Gasteiger partial charge is 0.348 e. The number of rotatable bonds is 4. The summed E-state index contributed by atoms with van der Waals surface area (Å²) in [6.45, 7) is 6.89. The van der Waals surface area contributed by atoms with Gasteiger partial charge >= 0.3 is 5.69 Å². The molecule has 0 unspecified atom stereocenters. The Morgan fingerprint density at radius 2 is 1.84 bits per heavy atom. The van der Waals surface area contributed by atoms with Gasteiger partial charge in [0.05, 0.1) is 22.3 Å². The lowest BCUT2D eigenvalue weighted by Gasteiger charge is -2.07. The molecule has 0 aliphatic carbocycles. The van der Waals surface area contributed by atoms with E-state index in [1.165, 1.54) is 0 Å². The molecule has 0 spiro atoms. The van der Waals surface area contributed by atoms with E-state index in [0.29, 0.717) is 12.1 Å². The summed E-state index contributed by atoms with van der Waals surface area (Å²) in [6.07, 6.45) is 0. The zero-order chi connectivity index (χ0) is 18.3. The highest BCUT2D eigenvalue weighted by molar-refractivity contribution is 5.96. The van der Waals surface area contributed by atoms with Crippen molar-refractivity contribution in [2.24, 2.45) is 14.1 Å². The monoisotopic (exact) mass is 341 g/mol. The van der Waals surface area contributed by atoms with Gasteiger partial charge in [-0.1, -0.05) is 6.07 Å². The summed E-state index contributed by atoms with van der Waals surface area (Å²) >= 11 is 0. The maximum Gasteiger partial charge on any atom is 0.328 e. The van der Waals surface area contributed by atoms with Crippen LogP contribution >= 0.6 is 0 Å². The fourth-order valence-corrected chi connectivity index (χ4v) is 3.27. The molecule has 0 radical (unpaired) electrons. The summed E-state index contributed by atoms with van der Waals surface area (Å²) < 4.78 is 5.06. The Morgan fingerprint density at radius 3 is 2.48 bits per heavy atom. The molecule has 7 nitrogen and oxygen atoms in total. The van der Waals surface area contributed by atoms with E-state index >= 15 is 0 Å². The van der Waals surface area contributed by atoms with E-state index in [2.05, 4.69) is 10.4 Å². The third-order valence-electron chi connectivity index (χ3n) is 4.70. The van der Waals surface area contributed by atoms with Crippen LogP contribution < -0.4 is 11.0 Å². The molecule has 2 heterocycles. The highest BCUT2D eigenvalue weighted by Crippen LogP contribution is 2.15. The third-order valence-corrected chi connectivity index (χ3v) is 4.70. The number of hydrogen-bond acceptors (Lipinski definition) is 3. The second kappa shape index (κ2) is 6.23. The van der Waals surface area contributed by atoms with Gasteiger partial charge in [0.1, 0.15) is 0 Å². The Kier molecular flexibility index (Phi) is 4.24. The highest BCUT2D eigenvalue weighted by atomic mass is 16.2. The second-order valence-electron chi connectivity index (χ2n) is 6.27. The van der Waals surface area contributed by atoms with E-state index in [1.807, 2.05) is 43.7 Å². The van der Waals surface area contributed by atoms with E-state index in [-0.39, 0.29) is 11.6 Å². The maximum absolute atomic E-state index is 12.6. The lowest BCUT2D eigenvalue weighted by molar-refractivity contribution is 0.0949. The smallest absolute Gasteiger partial charge is 0.328 e. The standard InChI is InChI=1S/C18H23N5O2/c1-6-23-12(3)16(11(2)20-23)17(24)19-10-13-7-8-14-15(9-13)22(5)18(25)21(14)4/h7-9H,6,10H2,1-5H3,(H,19,24). The zero-order valence-corrected chi connectivity index (χ0v) is 15.3. The molecule has 1 aromatic carbocycles. The molecular weight excluding hydrogens is 318 g/mol. The number of aryl methyl sites for hydroxylation is 4. The van der Waals surface area contributed by atoms with Crippen LogP contribution in [0.3, 0.4) is 0 Å². The summed E-state index contributed by atoms with van der Waals surface area (Å²) in [5.74, 6) is -0.128. The van der Waals surface area contributed by atoms with Crippen LogP contribution in [0.15, 0.2) is 23.0 Å². The van der Waals surface area contributed by atoms with Gasteiger partial charge in [-0.2, -0.15) is 5.10 Å². The predicted octanol–water partition coefficient (Wildman–Crippen LogP) is 1.64. The van der Waals surface area contributed by atoms with Crippen LogP contribution in [0.2, 0.25) is 0 Å². The second-order valence-corrected chi connectivity index (χ2v) is 6.27. The van der Waals surface area contributed by atoms with Crippen molar-refractivity contribution in [3.8, 4) is 0 Å². The first kappa shape index (κ1) is 17.0. The molecule has 7 heteroatoms. The van der Waals surface area contributed by atoms with Gasteiger partial charge in [-0.25, -0.2) is 4.79 Å². The van der Waals surface area contributed by atoms with Crippen LogP contribution in [-0.2, 0) is 27.2 Å². The van der Waals surface area contributed by atoms with E-state index in [1.54, 1.807) is 23.2 Å². The average Bonchev–Trinajstić information content (AvgIpc) is 3.01. The van der Waals surface area contributed by atoms with Crippen LogP contribution in [0.25, 0.3) is 11.0 Å². The summed E-state index contributed by atoms with van der Waals surface area (Å²) in [7, 11) is 3.50. The van der Waals surface area contributed by atoms with Gasteiger partial charge in [-0.15, -0.1) is 0 Å². The van der Waals surface area contributed by atoms with Crippen molar-refractivity contribution in [3.63, 3.8) is 0 Å². The lowest BCUT2D eigenvalue weighted by Crippen LogP contribution is -2.24. The average molecular weight is 341 g/mol. The first-order valence-electron chi connectivity index (χ1n) is 8.31. The Balaban J connectivity index is 1.83. The summed E-state index contributed by atoms with van der Waals surface area (Å²) in [5, 5.41) is 7.34. The van der Waals surface area contributed by atoms with Crippen LogP contribution in [0.1, 0.15) is 34.2 Å². The number of carbonyl (C=O) groups excluding carboxylic acids is 1. The Morgan fingerprint density at radius 1 is 1.16 bits per heavy atom. The van der Waals surface area contributed by atoms with Gasteiger partial charge in [0, 0.05) is 32.9 Å². The number of benzene rings is 1. The van der Waals surface area contributed by atoms with E-state index in [0.717, 1.165) is 34.5 Å². The quantitative estimate of drug-likeness (QED) is 0.784. The van der Waals surface area contributed by atoms with Crippen LogP contribution in [0, 0.1) is 13.8 Å². The van der Waals surface area contributed by atoms with Crippen molar-refractivity contribution in [3.05, 3.63) is 51.2 Å². The number of nitrogens with one attached hydrogen (secondary N) is 1. The number of aromatic nitrogens is 4. The minimum Gasteiger partial charge on any atom is -0.348 e. The molecule has 0 saturated heterocycles. The molecule has 0 fully saturated rings. The summed E-state index contributed by atoms with van der Waals surface area (Å²) in [6, 6.07) is 5.77. The minimum absolute atomic E-state index is 0.0607.